The van der Waals surface area contributed by atoms with Crippen molar-refractivity contribution in [3.8, 4) is 5.75 Å². The van der Waals surface area contributed by atoms with Crippen LogP contribution in [0.3, 0.4) is 0 Å². The van der Waals surface area contributed by atoms with Gasteiger partial charge in [0.1, 0.15) is 11.8 Å². The molecule has 9 heteroatoms. The molecule has 0 heterocycles. The molecule has 1 atom stereocenters. The summed E-state index contributed by atoms with van der Waals surface area (Å²) >= 11 is 0. The first-order valence-corrected chi connectivity index (χ1v) is 17.3. The third-order valence-corrected chi connectivity index (χ3v) is 9.38. The van der Waals surface area contributed by atoms with Crippen molar-refractivity contribution < 1.29 is 22.7 Å². The zero-order valence-corrected chi connectivity index (χ0v) is 26.9. The van der Waals surface area contributed by atoms with Crippen molar-refractivity contribution >= 4 is 27.5 Å². The number of hydrogen-bond donors (Lipinski definition) is 1. The lowest BCUT2D eigenvalue weighted by atomic mass is 9.94. The van der Waals surface area contributed by atoms with Crippen LogP contribution in [0.25, 0.3) is 0 Å². The monoisotopic (exact) mass is 619 g/mol. The van der Waals surface area contributed by atoms with Gasteiger partial charge < -0.3 is 15.0 Å². The number of benzene rings is 3. The molecular weight excluding hydrogens is 574 g/mol. The van der Waals surface area contributed by atoms with E-state index in [9.17, 15) is 18.0 Å². The van der Waals surface area contributed by atoms with Gasteiger partial charge in [-0.25, -0.2) is 8.42 Å². The summed E-state index contributed by atoms with van der Waals surface area (Å²) in [4.78, 5) is 29.7. The van der Waals surface area contributed by atoms with Crippen molar-refractivity contribution in [3.63, 3.8) is 0 Å². The predicted molar refractivity (Wildman–Crippen MR) is 175 cm³/mol. The van der Waals surface area contributed by atoms with Gasteiger partial charge in [-0.3, -0.25) is 13.9 Å². The Bertz CT molecular complexity index is 1470. The molecule has 1 unspecified atom stereocenters. The molecule has 1 aliphatic rings. The van der Waals surface area contributed by atoms with Gasteiger partial charge in [0.05, 0.1) is 19.1 Å². The van der Waals surface area contributed by atoms with Crippen LogP contribution in [-0.2, 0) is 32.6 Å². The van der Waals surface area contributed by atoms with Gasteiger partial charge in [0.15, 0.2) is 0 Å². The summed E-state index contributed by atoms with van der Waals surface area (Å²) in [5.41, 5.74) is 3.44. The molecule has 3 aromatic carbocycles. The molecule has 0 radical (unpaired) electrons. The van der Waals surface area contributed by atoms with Gasteiger partial charge >= 0.3 is 0 Å². The Kier molecular flexibility index (Phi) is 11.8. The topological polar surface area (TPSA) is 96.0 Å². The Morgan fingerprint density at radius 3 is 2.23 bits per heavy atom. The highest BCUT2D eigenvalue weighted by atomic mass is 32.2. The molecule has 0 aliphatic heterocycles. The minimum absolute atomic E-state index is 0.0784. The van der Waals surface area contributed by atoms with E-state index in [1.165, 1.54) is 17.8 Å². The SMILES string of the molecule is COc1ccccc1N(CCCC(=O)N(Cc1ccc(C)cc1)C(Cc1ccccc1)C(=O)NC1CCCCC1)S(C)(=O)=O. The quantitative estimate of drug-likeness (QED) is 0.252. The number of ether oxygens (including phenoxy) is 1. The van der Waals surface area contributed by atoms with Crippen molar-refractivity contribution in [2.75, 3.05) is 24.2 Å². The standard InChI is InChI=1S/C35H45N3O5S/c1-27-20-22-29(23-21-27)26-37(32(25-28-13-6-4-7-14-28)35(40)36-30-15-8-5-9-16-30)34(39)19-12-24-38(44(3,41)42)31-17-10-11-18-33(31)43-2/h4,6-7,10-11,13-14,17-18,20-23,30,32H,5,8-9,12,15-16,19,24-26H2,1-3H3,(H,36,40). The molecule has 2 amide bonds. The summed E-state index contributed by atoms with van der Waals surface area (Å²) in [5.74, 6) is 0.0966. The summed E-state index contributed by atoms with van der Waals surface area (Å²) in [5, 5.41) is 3.26. The second kappa shape index (κ2) is 15.7. The highest BCUT2D eigenvalue weighted by molar-refractivity contribution is 7.92. The first-order valence-electron chi connectivity index (χ1n) is 15.5. The van der Waals surface area contributed by atoms with Crippen LogP contribution in [0.2, 0.25) is 0 Å². The molecule has 0 bridgehead atoms. The molecule has 4 rings (SSSR count). The van der Waals surface area contributed by atoms with Crippen LogP contribution in [0.15, 0.2) is 78.9 Å². The van der Waals surface area contributed by atoms with Gasteiger partial charge in [0.2, 0.25) is 21.8 Å². The highest BCUT2D eigenvalue weighted by Crippen LogP contribution is 2.30. The maximum absolute atomic E-state index is 14.1. The first-order chi connectivity index (χ1) is 21.2. The lowest BCUT2D eigenvalue weighted by Crippen LogP contribution is -2.52. The van der Waals surface area contributed by atoms with Crippen LogP contribution >= 0.6 is 0 Å². The molecule has 44 heavy (non-hydrogen) atoms. The lowest BCUT2D eigenvalue weighted by Gasteiger charge is -2.34. The van der Waals surface area contributed by atoms with Gasteiger partial charge in [0, 0.05) is 32.0 Å². The van der Waals surface area contributed by atoms with E-state index in [1.54, 1.807) is 29.2 Å². The average molecular weight is 620 g/mol. The Morgan fingerprint density at radius 2 is 1.57 bits per heavy atom. The van der Waals surface area contributed by atoms with Crippen LogP contribution in [0, 0.1) is 6.92 Å². The minimum atomic E-state index is -3.64. The number of sulfonamides is 1. The van der Waals surface area contributed by atoms with E-state index in [0.717, 1.165) is 48.6 Å². The number of aryl methyl sites for hydroxylation is 1. The van der Waals surface area contributed by atoms with Crippen LogP contribution in [0.4, 0.5) is 5.69 Å². The number of carbonyl (C=O) groups is 2. The fraction of sp³-hybridized carbons (Fsp3) is 0.429. The van der Waals surface area contributed by atoms with Gasteiger partial charge in [-0.05, 0) is 49.4 Å². The van der Waals surface area contributed by atoms with Crippen LogP contribution < -0.4 is 14.4 Å². The zero-order chi connectivity index (χ0) is 31.5. The molecule has 1 saturated carbocycles. The molecule has 1 fully saturated rings. The fourth-order valence-corrected chi connectivity index (χ4v) is 6.78. The summed E-state index contributed by atoms with van der Waals surface area (Å²) in [6.45, 7) is 2.38. The van der Waals surface area contributed by atoms with E-state index in [-0.39, 0.29) is 43.8 Å². The van der Waals surface area contributed by atoms with E-state index in [1.807, 2.05) is 61.5 Å². The summed E-state index contributed by atoms with van der Waals surface area (Å²) in [6, 6.07) is 24.1. The molecule has 8 nitrogen and oxygen atoms in total. The molecular formula is C35H45N3O5S. The van der Waals surface area contributed by atoms with Gasteiger partial charge in [-0.1, -0.05) is 91.6 Å². The van der Waals surface area contributed by atoms with Crippen LogP contribution in [0.5, 0.6) is 5.75 Å². The summed E-state index contributed by atoms with van der Waals surface area (Å²) in [7, 11) is -2.15. The number of amides is 2. The Labute approximate surface area is 262 Å². The molecule has 236 valence electrons. The van der Waals surface area contributed by atoms with Gasteiger partial charge in [0.25, 0.3) is 0 Å². The van der Waals surface area contributed by atoms with Crippen molar-refractivity contribution in [3.05, 3.63) is 95.6 Å². The normalized spacial score (nSPS) is 14.4. The number of methoxy groups -OCH3 is 1. The zero-order valence-electron chi connectivity index (χ0n) is 26.1. The van der Waals surface area contributed by atoms with E-state index < -0.39 is 16.1 Å². The third kappa shape index (κ3) is 9.32. The number of carbonyl (C=O) groups excluding carboxylic acids is 2. The second-order valence-electron chi connectivity index (χ2n) is 11.7. The average Bonchev–Trinajstić information content (AvgIpc) is 3.02. The molecule has 1 aliphatic carbocycles. The lowest BCUT2D eigenvalue weighted by molar-refractivity contribution is -0.141. The summed E-state index contributed by atoms with van der Waals surface area (Å²) in [6.07, 6.45) is 7.12. The highest BCUT2D eigenvalue weighted by Gasteiger charge is 2.32. The minimum Gasteiger partial charge on any atom is -0.495 e. The van der Waals surface area contributed by atoms with E-state index in [0.29, 0.717) is 17.9 Å². The maximum atomic E-state index is 14.1. The van der Waals surface area contributed by atoms with Crippen molar-refractivity contribution in [2.45, 2.75) is 76.9 Å². The molecule has 3 aromatic rings. The largest absolute Gasteiger partial charge is 0.495 e. The Morgan fingerprint density at radius 1 is 0.909 bits per heavy atom. The second-order valence-corrected chi connectivity index (χ2v) is 13.6. The van der Waals surface area contributed by atoms with E-state index in [2.05, 4.69) is 5.32 Å². The number of hydrogen-bond acceptors (Lipinski definition) is 5. The smallest absolute Gasteiger partial charge is 0.243 e. The van der Waals surface area contributed by atoms with Crippen LogP contribution in [0.1, 0.15) is 61.6 Å². The fourth-order valence-electron chi connectivity index (χ4n) is 5.81. The number of nitrogens with one attached hydrogen (secondary N) is 1. The van der Waals surface area contributed by atoms with Gasteiger partial charge in [-0.2, -0.15) is 0 Å². The third-order valence-electron chi connectivity index (χ3n) is 8.20. The predicted octanol–water partition coefficient (Wildman–Crippen LogP) is 5.64. The Hall–Kier alpha value is -3.85. The van der Waals surface area contributed by atoms with E-state index >= 15 is 0 Å². The molecule has 0 aromatic heterocycles. The molecule has 1 N–H and O–H groups in total. The number of anilines is 1. The molecule has 0 saturated heterocycles. The number of nitrogens with zero attached hydrogens (tertiary/aromatic N) is 2. The Balaban J connectivity index is 1.59. The van der Waals surface area contributed by atoms with Crippen molar-refractivity contribution in [2.24, 2.45) is 0 Å². The van der Waals surface area contributed by atoms with Crippen LogP contribution in [-0.4, -0.2) is 57.1 Å². The van der Waals surface area contributed by atoms with Crippen molar-refractivity contribution in [1.29, 1.82) is 0 Å². The number of rotatable bonds is 14. The van der Waals surface area contributed by atoms with Gasteiger partial charge in [-0.15, -0.1) is 0 Å². The number of para-hydroxylation sites is 2. The van der Waals surface area contributed by atoms with E-state index in [4.69, 9.17) is 4.74 Å². The molecule has 0 spiro atoms. The first kappa shape index (κ1) is 33.1. The van der Waals surface area contributed by atoms with Crippen molar-refractivity contribution in [1.82, 2.24) is 10.2 Å². The summed E-state index contributed by atoms with van der Waals surface area (Å²) < 4.78 is 32.3. The maximum Gasteiger partial charge on any atom is 0.243 e.